The van der Waals surface area contributed by atoms with Gasteiger partial charge in [-0.05, 0) is 43.0 Å². The maximum absolute atomic E-state index is 9.83. The Morgan fingerprint density at radius 3 is 2.85 bits per heavy atom. The van der Waals surface area contributed by atoms with E-state index in [9.17, 15) is 5.11 Å². The van der Waals surface area contributed by atoms with Crippen LogP contribution in [0.5, 0.6) is 5.75 Å². The lowest BCUT2D eigenvalue weighted by Crippen LogP contribution is -2.14. The number of nitrogen functional groups attached to an aromatic ring is 1. The van der Waals surface area contributed by atoms with Crippen molar-refractivity contribution in [3.05, 3.63) is 11.9 Å². The number of nitrogens with zero attached hydrogens (tertiary/aromatic N) is 4. The number of fused-ring (bicyclic) bond motifs is 1. The molecule has 0 aliphatic heterocycles. The van der Waals surface area contributed by atoms with Crippen molar-refractivity contribution in [1.82, 2.24) is 25.3 Å². The summed E-state index contributed by atoms with van der Waals surface area (Å²) in [5, 5.41) is 17.1. The average molecular weight is 357 g/mol. The van der Waals surface area contributed by atoms with Crippen molar-refractivity contribution in [2.45, 2.75) is 25.9 Å². The van der Waals surface area contributed by atoms with Gasteiger partial charge in [0, 0.05) is 0 Å². The highest BCUT2D eigenvalue weighted by Crippen LogP contribution is 2.29. The third-order valence-corrected chi connectivity index (χ3v) is 3.32. The number of nitrogens with two attached hydrogens (primary N) is 2. The van der Waals surface area contributed by atoms with Crippen LogP contribution >= 0.6 is 0 Å². The number of pyridine rings is 1. The minimum absolute atomic E-state index is 0.103. The van der Waals surface area contributed by atoms with Crippen molar-refractivity contribution in [1.29, 1.82) is 0 Å². The van der Waals surface area contributed by atoms with Gasteiger partial charge >= 0.3 is 0 Å². The molecule has 0 aromatic carbocycles. The number of imidazole rings is 1. The number of aliphatic hydroxyl groups is 1. The molecule has 0 saturated carbocycles. The summed E-state index contributed by atoms with van der Waals surface area (Å²) in [5.74, 6) is 6.50. The van der Waals surface area contributed by atoms with Crippen LogP contribution in [0.1, 0.15) is 26.0 Å². The fourth-order valence-corrected chi connectivity index (χ4v) is 2.12. The molecule has 136 valence electrons. The summed E-state index contributed by atoms with van der Waals surface area (Å²) < 4.78 is 10.3. The van der Waals surface area contributed by atoms with Crippen LogP contribution < -0.4 is 16.2 Å². The van der Waals surface area contributed by atoms with Crippen LogP contribution in [0.15, 0.2) is 10.8 Å². The van der Waals surface area contributed by atoms with E-state index >= 15 is 0 Å². The van der Waals surface area contributed by atoms with Crippen LogP contribution in [0.25, 0.3) is 22.6 Å². The molecule has 0 aliphatic carbocycles. The van der Waals surface area contributed by atoms with E-state index in [0.29, 0.717) is 47.9 Å². The average Bonchev–Trinajstić information content (AvgIpc) is 3.19. The van der Waals surface area contributed by atoms with Gasteiger partial charge in [0.1, 0.15) is 22.3 Å². The van der Waals surface area contributed by atoms with E-state index < -0.39 is 5.60 Å². The van der Waals surface area contributed by atoms with Crippen molar-refractivity contribution >= 4 is 16.9 Å². The minimum Gasteiger partial charge on any atom is -0.490 e. The second-order valence-corrected chi connectivity index (χ2v) is 6.08. The highest BCUT2D eigenvalue weighted by molar-refractivity contribution is 5.88. The molecule has 10 nitrogen and oxygen atoms in total. The van der Waals surface area contributed by atoms with Crippen LogP contribution in [0, 0.1) is 11.8 Å². The number of ether oxygens (including phenoxy) is 1. The Labute approximate surface area is 148 Å². The quantitative estimate of drug-likeness (QED) is 0.375. The van der Waals surface area contributed by atoms with Gasteiger partial charge in [-0.2, -0.15) is 0 Å². The normalized spacial score (nSPS) is 11.4. The summed E-state index contributed by atoms with van der Waals surface area (Å²) in [5.41, 5.74) is 11.8. The standard InChI is InChI=1S/C16H19N7O3/c1-16(2,24)5-4-9-11-12(10(8-19-9)25-7-3-6-17)21-15(20-11)13-14(18)23-26-22-13/h8,24H,3,6-7,17H2,1-2H3,(H2,18,23)(H,20,21). The van der Waals surface area contributed by atoms with Crippen LogP contribution in [-0.2, 0) is 0 Å². The van der Waals surface area contributed by atoms with Crippen molar-refractivity contribution in [3.8, 4) is 29.1 Å². The highest BCUT2D eigenvalue weighted by atomic mass is 16.6. The molecule has 0 bridgehead atoms. The topological polar surface area (TPSA) is 162 Å². The SMILES string of the molecule is CC(C)(O)C#Cc1ncc(OCCCN)c2[nH]c(-c3nonc3N)nc12. The van der Waals surface area contributed by atoms with E-state index in [4.69, 9.17) is 16.2 Å². The van der Waals surface area contributed by atoms with Gasteiger partial charge in [-0.25, -0.2) is 14.6 Å². The Morgan fingerprint density at radius 1 is 1.38 bits per heavy atom. The molecule has 0 spiro atoms. The van der Waals surface area contributed by atoms with Gasteiger partial charge in [-0.3, -0.25) is 0 Å². The summed E-state index contributed by atoms with van der Waals surface area (Å²) >= 11 is 0. The Morgan fingerprint density at radius 2 is 2.19 bits per heavy atom. The molecule has 0 unspecified atom stereocenters. The van der Waals surface area contributed by atoms with E-state index in [0.717, 1.165) is 0 Å². The number of anilines is 1. The number of hydrogen-bond acceptors (Lipinski definition) is 9. The zero-order valence-corrected chi connectivity index (χ0v) is 14.4. The van der Waals surface area contributed by atoms with Crippen LogP contribution in [0.2, 0.25) is 0 Å². The molecule has 0 aliphatic rings. The number of aromatic nitrogens is 5. The maximum Gasteiger partial charge on any atom is 0.199 e. The first kappa shape index (κ1) is 17.7. The molecule has 0 saturated heterocycles. The first-order valence-corrected chi connectivity index (χ1v) is 7.94. The molecule has 0 radical (unpaired) electrons. The molecule has 3 rings (SSSR count). The monoisotopic (exact) mass is 357 g/mol. The molecule has 0 amide bonds. The molecule has 3 aromatic rings. The van der Waals surface area contributed by atoms with Crippen LogP contribution in [0.4, 0.5) is 5.82 Å². The summed E-state index contributed by atoms with van der Waals surface area (Å²) in [6, 6.07) is 0. The lowest BCUT2D eigenvalue weighted by atomic mass is 10.1. The number of H-pyrrole nitrogens is 1. The first-order chi connectivity index (χ1) is 12.4. The zero-order chi connectivity index (χ0) is 18.7. The second-order valence-electron chi connectivity index (χ2n) is 6.08. The predicted molar refractivity (Wildman–Crippen MR) is 93.9 cm³/mol. The molecule has 26 heavy (non-hydrogen) atoms. The maximum atomic E-state index is 9.83. The van der Waals surface area contributed by atoms with Crippen LogP contribution in [0.3, 0.4) is 0 Å². The van der Waals surface area contributed by atoms with Gasteiger partial charge in [0.25, 0.3) is 0 Å². The summed E-state index contributed by atoms with van der Waals surface area (Å²) in [4.78, 5) is 11.8. The molecule has 3 heterocycles. The van der Waals surface area contributed by atoms with Gasteiger partial charge in [-0.15, -0.1) is 0 Å². The van der Waals surface area contributed by atoms with E-state index in [2.05, 4.69) is 41.7 Å². The van der Waals surface area contributed by atoms with Gasteiger partial charge in [0.05, 0.1) is 12.8 Å². The third-order valence-electron chi connectivity index (χ3n) is 3.32. The van der Waals surface area contributed by atoms with Crippen molar-refractivity contribution in [3.63, 3.8) is 0 Å². The van der Waals surface area contributed by atoms with E-state index in [1.165, 1.54) is 0 Å². The molecule has 6 N–H and O–H groups in total. The van der Waals surface area contributed by atoms with E-state index in [1.807, 2.05) is 0 Å². The zero-order valence-electron chi connectivity index (χ0n) is 14.4. The number of nitrogens with one attached hydrogen (secondary N) is 1. The molecular weight excluding hydrogens is 338 g/mol. The number of aromatic amines is 1. The predicted octanol–water partition coefficient (Wildman–Crippen LogP) is 0.440. The third kappa shape index (κ3) is 3.74. The smallest absolute Gasteiger partial charge is 0.199 e. The summed E-state index contributed by atoms with van der Waals surface area (Å²) in [7, 11) is 0. The Balaban J connectivity index is 2.11. The lowest BCUT2D eigenvalue weighted by Gasteiger charge is -2.07. The van der Waals surface area contributed by atoms with Gasteiger partial charge < -0.3 is 26.3 Å². The molecule has 10 heteroatoms. The van der Waals surface area contributed by atoms with Gasteiger partial charge in [0.15, 0.2) is 23.1 Å². The van der Waals surface area contributed by atoms with Gasteiger partial charge in [0.2, 0.25) is 0 Å². The molecule has 0 fully saturated rings. The van der Waals surface area contributed by atoms with Crippen molar-refractivity contribution in [2.24, 2.45) is 5.73 Å². The fraction of sp³-hybridized carbons (Fsp3) is 0.375. The molecule has 3 aromatic heterocycles. The largest absolute Gasteiger partial charge is 0.490 e. The Kier molecular flexibility index (Phi) is 4.75. The Bertz CT molecular complexity index is 975. The van der Waals surface area contributed by atoms with E-state index in [1.54, 1.807) is 20.0 Å². The fourth-order valence-electron chi connectivity index (χ4n) is 2.12. The Hall–Kier alpha value is -3.16. The molecule has 0 atom stereocenters. The van der Waals surface area contributed by atoms with Crippen LogP contribution in [-0.4, -0.2) is 49.1 Å². The van der Waals surface area contributed by atoms with Crippen molar-refractivity contribution < 1.29 is 14.5 Å². The number of rotatable bonds is 5. The number of hydrogen-bond donors (Lipinski definition) is 4. The minimum atomic E-state index is -1.16. The summed E-state index contributed by atoms with van der Waals surface area (Å²) in [6.45, 7) is 4.11. The molecular formula is C16H19N7O3. The van der Waals surface area contributed by atoms with E-state index in [-0.39, 0.29) is 11.5 Å². The highest BCUT2D eigenvalue weighted by Gasteiger charge is 2.19. The van der Waals surface area contributed by atoms with Gasteiger partial charge in [-0.1, -0.05) is 5.92 Å². The summed E-state index contributed by atoms with van der Waals surface area (Å²) in [6.07, 6.45) is 2.24. The van der Waals surface area contributed by atoms with Crippen molar-refractivity contribution in [2.75, 3.05) is 18.9 Å². The second kappa shape index (κ2) is 6.99. The first-order valence-electron chi connectivity index (χ1n) is 7.94. The lowest BCUT2D eigenvalue weighted by molar-refractivity contribution is 0.143.